The maximum atomic E-state index is 12.5. The lowest BCUT2D eigenvalue weighted by Gasteiger charge is -2.04. The summed E-state index contributed by atoms with van der Waals surface area (Å²) in [5.74, 6) is -0.113. The van der Waals surface area contributed by atoms with E-state index in [-0.39, 0.29) is 5.91 Å². The third-order valence-electron chi connectivity index (χ3n) is 3.58. The maximum Gasteiger partial charge on any atom is 0.263 e. The molecule has 1 N–H and O–H groups in total. The minimum Gasteiger partial charge on any atom is -0.346 e. The summed E-state index contributed by atoms with van der Waals surface area (Å²) in [6.07, 6.45) is 0. The summed E-state index contributed by atoms with van der Waals surface area (Å²) in [5.41, 5.74) is 3.60. The fraction of sp³-hybridized carbons (Fsp3) is 0.235. The van der Waals surface area contributed by atoms with Crippen molar-refractivity contribution in [3.63, 3.8) is 0 Å². The van der Waals surface area contributed by atoms with Crippen molar-refractivity contribution in [1.29, 1.82) is 0 Å². The number of aromatic nitrogens is 3. The predicted octanol–water partition coefficient (Wildman–Crippen LogP) is 3.09. The molecule has 0 fully saturated rings. The topological polar surface area (TPSA) is 59.8 Å². The molecule has 6 heteroatoms. The van der Waals surface area contributed by atoms with Crippen LogP contribution in [0.4, 0.5) is 0 Å². The van der Waals surface area contributed by atoms with Crippen LogP contribution in [-0.2, 0) is 13.6 Å². The molecule has 2 aromatic heterocycles. The van der Waals surface area contributed by atoms with Gasteiger partial charge in [-0.3, -0.25) is 9.48 Å². The summed E-state index contributed by atoms with van der Waals surface area (Å²) in [4.78, 5) is 17.7. The molecule has 0 bridgehead atoms. The number of rotatable bonds is 4. The van der Waals surface area contributed by atoms with Crippen molar-refractivity contribution >= 4 is 17.2 Å². The molecule has 0 aliphatic rings. The zero-order valence-electron chi connectivity index (χ0n) is 13.3. The highest BCUT2D eigenvalue weighted by atomic mass is 32.1. The fourth-order valence-electron chi connectivity index (χ4n) is 2.35. The summed E-state index contributed by atoms with van der Waals surface area (Å²) in [5, 5.41) is 8.16. The van der Waals surface area contributed by atoms with Crippen molar-refractivity contribution in [3.05, 3.63) is 57.7 Å². The summed E-state index contributed by atoms with van der Waals surface area (Å²) < 4.78 is 1.80. The molecule has 0 saturated heterocycles. The second-order valence-electron chi connectivity index (χ2n) is 5.36. The van der Waals surface area contributed by atoms with Crippen molar-refractivity contribution in [1.82, 2.24) is 20.1 Å². The van der Waals surface area contributed by atoms with Crippen molar-refractivity contribution < 1.29 is 4.79 Å². The summed E-state index contributed by atoms with van der Waals surface area (Å²) in [6.45, 7) is 4.31. The molecule has 0 aliphatic carbocycles. The van der Waals surface area contributed by atoms with Gasteiger partial charge in [-0.15, -0.1) is 11.3 Å². The van der Waals surface area contributed by atoms with Crippen LogP contribution in [0.1, 0.15) is 26.1 Å². The number of nitrogens with one attached hydrogen (secondary N) is 1. The van der Waals surface area contributed by atoms with Crippen LogP contribution in [0.2, 0.25) is 0 Å². The zero-order valence-corrected chi connectivity index (χ0v) is 14.1. The van der Waals surface area contributed by atoms with E-state index in [0.717, 1.165) is 27.7 Å². The SMILES string of the molecule is Cc1nc(-c2ccccc2)c(C(=O)NCc2cc(C)n(C)n2)s1. The Morgan fingerprint density at radius 1 is 1.26 bits per heavy atom. The van der Waals surface area contributed by atoms with E-state index < -0.39 is 0 Å². The van der Waals surface area contributed by atoms with Crippen LogP contribution >= 0.6 is 11.3 Å². The molecule has 23 heavy (non-hydrogen) atoms. The highest BCUT2D eigenvalue weighted by molar-refractivity contribution is 7.14. The average molecular weight is 326 g/mol. The van der Waals surface area contributed by atoms with E-state index in [4.69, 9.17) is 0 Å². The van der Waals surface area contributed by atoms with Crippen LogP contribution in [0.15, 0.2) is 36.4 Å². The normalized spacial score (nSPS) is 10.7. The van der Waals surface area contributed by atoms with Crippen LogP contribution in [0.5, 0.6) is 0 Å². The molecule has 118 valence electrons. The van der Waals surface area contributed by atoms with Gasteiger partial charge in [0.15, 0.2) is 0 Å². The first-order valence-corrected chi connectivity index (χ1v) is 8.17. The monoisotopic (exact) mass is 326 g/mol. The van der Waals surface area contributed by atoms with Gasteiger partial charge in [-0.05, 0) is 19.9 Å². The Morgan fingerprint density at radius 2 is 2.00 bits per heavy atom. The third-order valence-corrected chi connectivity index (χ3v) is 4.55. The standard InChI is InChI=1S/C17H18N4OS/c1-11-9-14(20-21(11)3)10-18-17(22)16-15(19-12(2)23-16)13-7-5-4-6-8-13/h4-9H,10H2,1-3H3,(H,18,22). The number of carbonyl (C=O) groups is 1. The number of nitrogens with zero attached hydrogens (tertiary/aromatic N) is 3. The molecular formula is C17H18N4OS. The van der Waals surface area contributed by atoms with Gasteiger partial charge in [0.25, 0.3) is 5.91 Å². The number of thiazole rings is 1. The number of benzene rings is 1. The summed E-state index contributed by atoms with van der Waals surface area (Å²) >= 11 is 1.41. The highest BCUT2D eigenvalue weighted by Crippen LogP contribution is 2.27. The van der Waals surface area contributed by atoms with Gasteiger partial charge in [0.2, 0.25) is 0 Å². The fourth-order valence-corrected chi connectivity index (χ4v) is 3.20. The quantitative estimate of drug-likeness (QED) is 0.801. The van der Waals surface area contributed by atoms with E-state index in [1.165, 1.54) is 11.3 Å². The Morgan fingerprint density at radius 3 is 2.65 bits per heavy atom. The third kappa shape index (κ3) is 3.32. The number of aryl methyl sites for hydroxylation is 3. The van der Waals surface area contributed by atoms with E-state index in [9.17, 15) is 4.79 Å². The second-order valence-corrected chi connectivity index (χ2v) is 6.56. The van der Waals surface area contributed by atoms with E-state index in [0.29, 0.717) is 11.4 Å². The molecule has 3 aromatic rings. The lowest BCUT2D eigenvalue weighted by molar-refractivity contribution is 0.0955. The Hall–Kier alpha value is -2.47. The molecular weight excluding hydrogens is 308 g/mol. The molecule has 1 aromatic carbocycles. The minimum absolute atomic E-state index is 0.113. The van der Waals surface area contributed by atoms with Gasteiger partial charge in [-0.25, -0.2) is 4.98 Å². The Balaban J connectivity index is 1.80. The molecule has 3 rings (SSSR count). The number of amides is 1. The first kappa shape index (κ1) is 15.4. The largest absolute Gasteiger partial charge is 0.346 e. The van der Waals surface area contributed by atoms with Gasteiger partial charge < -0.3 is 5.32 Å². The lowest BCUT2D eigenvalue weighted by Crippen LogP contribution is -2.22. The maximum absolute atomic E-state index is 12.5. The van der Waals surface area contributed by atoms with E-state index in [1.54, 1.807) is 4.68 Å². The van der Waals surface area contributed by atoms with Gasteiger partial charge in [-0.1, -0.05) is 30.3 Å². The highest BCUT2D eigenvalue weighted by Gasteiger charge is 2.18. The number of hydrogen-bond donors (Lipinski definition) is 1. The Kier molecular flexibility index (Phi) is 4.25. The van der Waals surface area contributed by atoms with Gasteiger partial charge in [-0.2, -0.15) is 5.10 Å². The molecule has 0 aliphatic heterocycles. The van der Waals surface area contributed by atoms with Crippen LogP contribution in [0, 0.1) is 13.8 Å². The van der Waals surface area contributed by atoms with Gasteiger partial charge in [0.1, 0.15) is 4.88 Å². The van der Waals surface area contributed by atoms with E-state index >= 15 is 0 Å². The molecule has 0 radical (unpaired) electrons. The van der Waals surface area contributed by atoms with Crippen molar-refractivity contribution in [3.8, 4) is 11.3 Å². The predicted molar refractivity (Wildman–Crippen MR) is 91.4 cm³/mol. The van der Waals surface area contributed by atoms with Crippen molar-refractivity contribution in [2.45, 2.75) is 20.4 Å². The minimum atomic E-state index is -0.113. The Labute approximate surface area is 139 Å². The van der Waals surface area contributed by atoms with Crippen LogP contribution in [-0.4, -0.2) is 20.7 Å². The van der Waals surface area contributed by atoms with Crippen LogP contribution in [0.25, 0.3) is 11.3 Å². The molecule has 1 amide bonds. The van der Waals surface area contributed by atoms with Gasteiger partial charge in [0, 0.05) is 18.3 Å². The number of carbonyl (C=O) groups excluding carboxylic acids is 1. The molecule has 0 spiro atoms. The Bertz CT molecular complexity index is 816. The zero-order chi connectivity index (χ0) is 16.4. The molecule has 2 heterocycles. The average Bonchev–Trinajstić information content (AvgIpc) is 3.09. The second kappa shape index (κ2) is 6.34. The molecule has 0 atom stereocenters. The van der Waals surface area contributed by atoms with Gasteiger partial charge in [0.05, 0.1) is 22.9 Å². The van der Waals surface area contributed by atoms with Crippen molar-refractivity contribution in [2.24, 2.45) is 7.05 Å². The molecule has 5 nitrogen and oxygen atoms in total. The number of hydrogen-bond acceptors (Lipinski definition) is 4. The molecule has 0 unspecified atom stereocenters. The smallest absolute Gasteiger partial charge is 0.263 e. The van der Waals surface area contributed by atoms with Crippen molar-refractivity contribution in [2.75, 3.05) is 0 Å². The lowest BCUT2D eigenvalue weighted by atomic mass is 10.1. The van der Waals surface area contributed by atoms with E-state index in [1.807, 2.05) is 57.3 Å². The first-order chi connectivity index (χ1) is 11.0. The molecule has 0 saturated carbocycles. The summed E-state index contributed by atoms with van der Waals surface area (Å²) in [6, 6.07) is 11.7. The first-order valence-electron chi connectivity index (χ1n) is 7.35. The van der Waals surface area contributed by atoms with Gasteiger partial charge >= 0.3 is 0 Å². The van der Waals surface area contributed by atoms with E-state index in [2.05, 4.69) is 15.4 Å². The van der Waals surface area contributed by atoms with Crippen LogP contribution < -0.4 is 5.32 Å². The van der Waals surface area contributed by atoms with Crippen LogP contribution in [0.3, 0.4) is 0 Å². The summed E-state index contributed by atoms with van der Waals surface area (Å²) in [7, 11) is 1.89.